The van der Waals surface area contributed by atoms with Gasteiger partial charge in [0.2, 0.25) is 5.88 Å². The van der Waals surface area contributed by atoms with Crippen LogP contribution in [0, 0.1) is 0 Å². The minimum absolute atomic E-state index is 0.253. The van der Waals surface area contributed by atoms with Crippen LogP contribution in [0.25, 0.3) is 0 Å². The van der Waals surface area contributed by atoms with Crippen molar-refractivity contribution in [1.29, 1.82) is 0 Å². The number of carboxylic acids is 1. The highest BCUT2D eigenvalue weighted by Gasteiger charge is 2.21. The summed E-state index contributed by atoms with van der Waals surface area (Å²) in [4.78, 5) is 12.6. The number of aromatic carboxylic acids is 1. The Hall–Kier alpha value is -2.63. The molecule has 2 rings (SSSR count). The lowest BCUT2D eigenvalue weighted by molar-refractivity contribution is -0.0553. The molecule has 120 valence electrons. The van der Waals surface area contributed by atoms with Crippen molar-refractivity contribution in [2.75, 3.05) is 4.72 Å². The third-order valence-corrected chi connectivity index (χ3v) is 3.82. The Bertz CT molecular complexity index is 798. The first-order valence-corrected chi connectivity index (χ1v) is 7.11. The molecule has 0 atom stereocenters. The molecule has 0 aliphatic carbocycles. The average Bonchev–Trinajstić information content (AvgIpc) is 2.96. The Morgan fingerprint density at radius 2 is 2.18 bits per heavy atom. The van der Waals surface area contributed by atoms with E-state index in [1.165, 1.54) is 7.05 Å². The number of nitrogens with one attached hydrogen (secondary N) is 2. The van der Waals surface area contributed by atoms with Gasteiger partial charge in [-0.1, -0.05) is 0 Å². The SMILES string of the molecule is Cn1nc(NS(=O)(=O)c2c[nH]c(C(=O)O)c2)cc1OC(F)F. The lowest BCUT2D eigenvalue weighted by Crippen LogP contribution is -2.12. The van der Waals surface area contributed by atoms with Crippen molar-refractivity contribution in [1.82, 2.24) is 14.8 Å². The fourth-order valence-electron chi connectivity index (χ4n) is 1.55. The van der Waals surface area contributed by atoms with Crippen LogP contribution in [0.4, 0.5) is 14.6 Å². The van der Waals surface area contributed by atoms with Gasteiger partial charge in [0.05, 0.1) is 0 Å². The zero-order chi connectivity index (χ0) is 16.5. The van der Waals surface area contributed by atoms with E-state index in [4.69, 9.17) is 5.11 Å². The Labute approximate surface area is 122 Å². The highest BCUT2D eigenvalue weighted by molar-refractivity contribution is 7.92. The normalized spacial score (nSPS) is 11.6. The van der Waals surface area contributed by atoms with Gasteiger partial charge >= 0.3 is 12.6 Å². The van der Waals surface area contributed by atoms with E-state index in [2.05, 4.69) is 14.8 Å². The molecule has 0 saturated carbocycles. The fourth-order valence-corrected chi connectivity index (χ4v) is 2.53. The van der Waals surface area contributed by atoms with E-state index in [0.717, 1.165) is 23.0 Å². The summed E-state index contributed by atoms with van der Waals surface area (Å²) in [6, 6.07) is 1.87. The van der Waals surface area contributed by atoms with Gasteiger partial charge in [-0.15, -0.1) is 0 Å². The molecule has 9 nitrogen and oxygen atoms in total. The van der Waals surface area contributed by atoms with Crippen LogP contribution in [0.3, 0.4) is 0 Å². The first kappa shape index (κ1) is 15.8. The van der Waals surface area contributed by atoms with E-state index < -0.39 is 22.6 Å². The molecule has 0 spiro atoms. The summed E-state index contributed by atoms with van der Waals surface area (Å²) in [5.74, 6) is -1.92. The van der Waals surface area contributed by atoms with Crippen LogP contribution in [0.2, 0.25) is 0 Å². The third-order valence-electron chi connectivity index (χ3n) is 2.48. The van der Waals surface area contributed by atoms with Crippen LogP contribution >= 0.6 is 0 Å². The maximum absolute atomic E-state index is 12.1. The van der Waals surface area contributed by atoms with Gasteiger partial charge < -0.3 is 14.8 Å². The van der Waals surface area contributed by atoms with Gasteiger partial charge in [-0.2, -0.15) is 13.9 Å². The van der Waals surface area contributed by atoms with Crippen molar-refractivity contribution >= 4 is 21.8 Å². The maximum atomic E-state index is 12.1. The van der Waals surface area contributed by atoms with Crippen molar-refractivity contribution < 1.29 is 31.8 Å². The number of carbonyl (C=O) groups is 1. The molecule has 12 heteroatoms. The molecule has 2 heterocycles. The van der Waals surface area contributed by atoms with Crippen LogP contribution in [0.15, 0.2) is 23.2 Å². The number of aromatic nitrogens is 3. The Morgan fingerprint density at radius 3 is 2.73 bits per heavy atom. The molecule has 0 unspecified atom stereocenters. The standard InChI is InChI=1S/C10H10F2N4O5S/c1-16-8(21-10(11)12)3-7(14-16)15-22(19,20)5-2-6(9(17)18)13-4-5/h2-4,10,13H,1H3,(H,14,15)(H,17,18). The number of H-pyrrole nitrogens is 1. The number of halogens is 2. The molecule has 0 aliphatic rings. The molecule has 2 aromatic rings. The maximum Gasteiger partial charge on any atom is 0.388 e. The molecule has 0 bridgehead atoms. The number of aromatic amines is 1. The highest BCUT2D eigenvalue weighted by Crippen LogP contribution is 2.21. The summed E-state index contributed by atoms with van der Waals surface area (Å²) in [5.41, 5.74) is -0.317. The van der Waals surface area contributed by atoms with E-state index in [9.17, 15) is 22.0 Å². The summed E-state index contributed by atoms with van der Waals surface area (Å²) < 4.78 is 55.4. The minimum Gasteiger partial charge on any atom is -0.477 e. The molecule has 0 fully saturated rings. The van der Waals surface area contributed by atoms with Gasteiger partial charge in [0.15, 0.2) is 5.82 Å². The third kappa shape index (κ3) is 3.33. The molecule has 0 saturated heterocycles. The number of hydrogen-bond donors (Lipinski definition) is 3. The van der Waals surface area contributed by atoms with Gasteiger partial charge in [0.25, 0.3) is 10.0 Å². The van der Waals surface area contributed by atoms with Crippen LogP contribution in [-0.2, 0) is 17.1 Å². The number of anilines is 1. The second kappa shape index (κ2) is 5.63. The molecular formula is C10H10F2N4O5S. The van der Waals surface area contributed by atoms with E-state index in [1.807, 2.05) is 4.72 Å². The van der Waals surface area contributed by atoms with E-state index in [1.54, 1.807) is 0 Å². The molecule has 0 aromatic carbocycles. The summed E-state index contributed by atoms with van der Waals surface area (Å²) in [5, 5.41) is 12.4. The molecule has 3 N–H and O–H groups in total. The lowest BCUT2D eigenvalue weighted by Gasteiger charge is -2.01. The number of rotatable bonds is 6. The number of hydrogen-bond acceptors (Lipinski definition) is 5. The number of nitrogens with zero attached hydrogens (tertiary/aromatic N) is 2. The number of carboxylic acid groups (broad SMARTS) is 1. The van der Waals surface area contributed by atoms with Gasteiger partial charge in [-0.05, 0) is 6.07 Å². The van der Waals surface area contributed by atoms with Crippen LogP contribution in [0.5, 0.6) is 5.88 Å². The number of aryl methyl sites for hydroxylation is 1. The van der Waals surface area contributed by atoms with E-state index in [-0.39, 0.29) is 22.3 Å². The van der Waals surface area contributed by atoms with Crippen molar-refractivity contribution in [2.45, 2.75) is 11.5 Å². The average molecular weight is 336 g/mol. The van der Waals surface area contributed by atoms with Gasteiger partial charge in [-0.25, -0.2) is 17.9 Å². The Kier molecular flexibility index (Phi) is 4.03. The van der Waals surface area contributed by atoms with Crippen LogP contribution in [-0.4, -0.2) is 40.9 Å². The van der Waals surface area contributed by atoms with Gasteiger partial charge in [0.1, 0.15) is 10.6 Å². The van der Waals surface area contributed by atoms with Crippen molar-refractivity contribution in [3.63, 3.8) is 0 Å². The van der Waals surface area contributed by atoms with Crippen LogP contribution < -0.4 is 9.46 Å². The smallest absolute Gasteiger partial charge is 0.388 e. The second-order valence-electron chi connectivity index (χ2n) is 4.03. The molecular weight excluding hydrogens is 326 g/mol. The second-order valence-corrected chi connectivity index (χ2v) is 5.71. The molecule has 22 heavy (non-hydrogen) atoms. The van der Waals surface area contributed by atoms with Crippen molar-refractivity contribution in [3.05, 3.63) is 24.0 Å². The number of ether oxygens (including phenoxy) is 1. The summed E-state index contributed by atoms with van der Waals surface area (Å²) >= 11 is 0. The molecule has 0 amide bonds. The first-order valence-electron chi connectivity index (χ1n) is 5.62. The van der Waals surface area contributed by atoms with Gasteiger partial charge in [-0.3, -0.25) is 4.72 Å². The largest absolute Gasteiger partial charge is 0.477 e. The van der Waals surface area contributed by atoms with E-state index >= 15 is 0 Å². The topological polar surface area (TPSA) is 126 Å². The monoisotopic (exact) mass is 336 g/mol. The summed E-state index contributed by atoms with van der Waals surface area (Å²) in [7, 11) is -2.84. The predicted octanol–water partition coefficient (Wildman–Crippen LogP) is 0.849. The Morgan fingerprint density at radius 1 is 1.50 bits per heavy atom. The molecule has 0 radical (unpaired) electrons. The first-order chi connectivity index (χ1) is 10.2. The van der Waals surface area contributed by atoms with Crippen molar-refractivity contribution in [2.24, 2.45) is 7.05 Å². The zero-order valence-corrected chi connectivity index (χ0v) is 11.8. The molecule has 2 aromatic heterocycles. The lowest BCUT2D eigenvalue weighted by atomic mass is 10.4. The van der Waals surface area contributed by atoms with Crippen molar-refractivity contribution in [3.8, 4) is 5.88 Å². The summed E-state index contributed by atoms with van der Waals surface area (Å²) in [6.45, 7) is -3.08. The van der Waals surface area contributed by atoms with Crippen LogP contribution in [0.1, 0.15) is 10.5 Å². The predicted molar refractivity (Wildman–Crippen MR) is 68.4 cm³/mol. The van der Waals surface area contributed by atoms with E-state index in [0.29, 0.717) is 0 Å². The highest BCUT2D eigenvalue weighted by atomic mass is 32.2. The molecule has 0 aliphatic heterocycles. The quantitative estimate of drug-likeness (QED) is 0.718. The Balaban J connectivity index is 2.23. The zero-order valence-electron chi connectivity index (χ0n) is 10.9. The fraction of sp³-hybridized carbons (Fsp3) is 0.200. The number of sulfonamides is 1. The number of alkyl halides is 2. The van der Waals surface area contributed by atoms with Gasteiger partial charge in [0, 0.05) is 19.3 Å². The minimum atomic E-state index is -4.12. The summed E-state index contributed by atoms with van der Waals surface area (Å²) in [6.07, 6.45) is 0.977.